The molecule has 0 saturated heterocycles. The highest BCUT2D eigenvalue weighted by atomic mass is 16.3. The molecule has 0 radical (unpaired) electrons. The Morgan fingerprint density at radius 3 is 2.79 bits per heavy atom. The van der Waals surface area contributed by atoms with Gasteiger partial charge in [0, 0.05) is 25.5 Å². The molecule has 0 saturated carbocycles. The monoisotopic (exact) mass is 199 g/mol. The van der Waals surface area contributed by atoms with Crippen molar-refractivity contribution in [3.05, 3.63) is 18.5 Å². The molecule has 0 spiro atoms. The Balaban J connectivity index is 2.13. The highest BCUT2D eigenvalue weighted by Crippen LogP contribution is 1.89. The molecule has 0 amide bonds. The number of rotatable bonds is 6. The molecular formula is C9H17N3O2. The standard InChI is InChI=1S/C9H17N3O2/c1-8(13)5-10-6-9(14)7-12-4-2-3-11-12/h2-4,8-10,13-14H,5-7H2,1H3. The maximum absolute atomic E-state index is 9.53. The van der Waals surface area contributed by atoms with Gasteiger partial charge in [0.05, 0.1) is 18.8 Å². The van der Waals surface area contributed by atoms with E-state index < -0.39 is 6.10 Å². The Bertz CT molecular complexity index is 236. The highest BCUT2D eigenvalue weighted by Gasteiger charge is 2.05. The van der Waals surface area contributed by atoms with Gasteiger partial charge >= 0.3 is 0 Å². The van der Waals surface area contributed by atoms with Crippen LogP contribution in [0.15, 0.2) is 18.5 Å². The molecule has 80 valence electrons. The normalized spacial score (nSPS) is 15.4. The van der Waals surface area contributed by atoms with Crippen LogP contribution in [-0.4, -0.2) is 45.3 Å². The third-order valence-corrected chi connectivity index (χ3v) is 1.78. The van der Waals surface area contributed by atoms with E-state index >= 15 is 0 Å². The lowest BCUT2D eigenvalue weighted by molar-refractivity contribution is 0.135. The minimum atomic E-state index is -0.478. The van der Waals surface area contributed by atoms with Gasteiger partial charge in [-0.3, -0.25) is 4.68 Å². The summed E-state index contributed by atoms with van der Waals surface area (Å²) in [6.45, 7) is 3.13. The Morgan fingerprint density at radius 2 is 2.21 bits per heavy atom. The lowest BCUT2D eigenvalue weighted by Gasteiger charge is -2.12. The first-order valence-electron chi connectivity index (χ1n) is 4.72. The van der Waals surface area contributed by atoms with Crippen molar-refractivity contribution < 1.29 is 10.2 Å². The SMILES string of the molecule is CC(O)CNCC(O)Cn1cccn1. The van der Waals surface area contributed by atoms with Crippen molar-refractivity contribution >= 4 is 0 Å². The number of aliphatic hydroxyl groups is 2. The van der Waals surface area contributed by atoms with Gasteiger partial charge in [0.1, 0.15) is 0 Å². The molecular weight excluding hydrogens is 182 g/mol. The van der Waals surface area contributed by atoms with Gasteiger partial charge in [-0.05, 0) is 13.0 Å². The molecule has 14 heavy (non-hydrogen) atoms. The van der Waals surface area contributed by atoms with Crippen molar-refractivity contribution in [2.24, 2.45) is 0 Å². The lowest BCUT2D eigenvalue weighted by Crippen LogP contribution is -2.34. The van der Waals surface area contributed by atoms with Crippen LogP contribution in [0.1, 0.15) is 6.92 Å². The third kappa shape index (κ3) is 4.36. The molecule has 1 rings (SSSR count). The first-order valence-corrected chi connectivity index (χ1v) is 4.72. The number of nitrogens with zero attached hydrogens (tertiary/aromatic N) is 2. The van der Waals surface area contributed by atoms with Crippen LogP contribution in [-0.2, 0) is 6.54 Å². The summed E-state index contributed by atoms with van der Waals surface area (Å²) in [6.07, 6.45) is 2.62. The zero-order chi connectivity index (χ0) is 10.4. The van der Waals surface area contributed by atoms with Crippen molar-refractivity contribution in [2.75, 3.05) is 13.1 Å². The van der Waals surface area contributed by atoms with Crippen LogP contribution in [0, 0.1) is 0 Å². The van der Waals surface area contributed by atoms with Crippen molar-refractivity contribution in [3.8, 4) is 0 Å². The maximum Gasteiger partial charge on any atom is 0.0860 e. The largest absolute Gasteiger partial charge is 0.392 e. The molecule has 2 atom stereocenters. The molecule has 1 aromatic rings. The minimum Gasteiger partial charge on any atom is -0.392 e. The summed E-state index contributed by atoms with van der Waals surface area (Å²) in [5.74, 6) is 0. The second kappa shape index (κ2) is 5.74. The molecule has 2 unspecified atom stereocenters. The van der Waals surface area contributed by atoms with Crippen LogP contribution in [0.5, 0.6) is 0 Å². The molecule has 3 N–H and O–H groups in total. The summed E-state index contributed by atoms with van der Waals surface area (Å²) in [4.78, 5) is 0. The van der Waals surface area contributed by atoms with E-state index in [-0.39, 0.29) is 6.10 Å². The van der Waals surface area contributed by atoms with Gasteiger partial charge < -0.3 is 15.5 Å². The predicted octanol–water partition coefficient (Wildman–Crippen LogP) is -0.786. The molecule has 1 heterocycles. The quantitative estimate of drug-likeness (QED) is 0.562. The Labute approximate surface area is 83.4 Å². The molecule has 0 bridgehead atoms. The highest BCUT2D eigenvalue weighted by molar-refractivity contribution is 4.78. The van der Waals surface area contributed by atoms with Crippen LogP contribution in [0.25, 0.3) is 0 Å². The van der Waals surface area contributed by atoms with Gasteiger partial charge in [0.15, 0.2) is 0 Å². The molecule has 0 aliphatic rings. The first-order chi connectivity index (χ1) is 6.68. The number of nitrogens with one attached hydrogen (secondary N) is 1. The van der Waals surface area contributed by atoms with Crippen molar-refractivity contribution in [1.82, 2.24) is 15.1 Å². The van der Waals surface area contributed by atoms with E-state index in [2.05, 4.69) is 10.4 Å². The lowest BCUT2D eigenvalue weighted by atomic mass is 10.3. The topological polar surface area (TPSA) is 70.3 Å². The van der Waals surface area contributed by atoms with Gasteiger partial charge in [-0.2, -0.15) is 5.10 Å². The van der Waals surface area contributed by atoms with E-state index in [0.29, 0.717) is 19.6 Å². The van der Waals surface area contributed by atoms with Crippen molar-refractivity contribution in [2.45, 2.75) is 25.7 Å². The number of aromatic nitrogens is 2. The van der Waals surface area contributed by atoms with E-state index in [4.69, 9.17) is 5.11 Å². The molecule has 0 aromatic carbocycles. The Morgan fingerprint density at radius 1 is 1.43 bits per heavy atom. The maximum atomic E-state index is 9.53. The van der Waals surface area contributed by atoms with E-state index in [1.54, 1.807) is 24.0 Å². The average Bonchev–Trinajstić information content (AvgIpc) is 2.56. The summed E-state index contributed by atoms with van der Waals surface area (Å²) in [5, 5.41) is 25.4. The summed E-state index contributed by atoms with van der Waals surface area (Å²) in [6, 6.07) is 1.82. The second-order valence-corrected chi connectivity index (χ2v) is 3.39. The fourth-order valence-corrected chi connectivity index (χ4v) is 1.15. The van der Waals surface area contributed by atoms with Gasteiger partial charge in [0.25, 0.3) is 0 Å². The minimum absolute atomic E-state index is 0.382. The van der Waals surface area contributed by atoms with Crippen LogP contribution >= 0.6 is 0 Å². The van der Waals surface area contributed by atoms with E-state index in [9.17, 15) is 5.11 Å². The van der Waals surface area contributed by atoms with Crippen LogP contribution < -0.4 is 5.32 Å². The van der Waals surface area contributed by atoms with Gasteiger partial charge in [-0.1, -0.05) is 0 Å². The smallest absolute Gasteiger partial charge is 0.0860 e. The fourth-order valence-electron chi connectivity index (χ4n) is 1.15. The molecule has 5 nitrogen and oxygen atoms in total. The predicted molar refractivity (Wildman–Crippen MR) is 52.8 cm³/mol. The average molecular weight is 199 g/mol. The van der Waals surface area contributed by atoms with Crippen LogP contribution in [0.4, 0.5) is 0 Å². The second-order valence-electron chi connectivity index (χ2n) is 3.39. The molecule has 0 aliphatic carbocycles. The summed E-state index contributed by atoms with van der Waals surface area (Å²) in [5.41, 5.74) is 0. The number of hydrogen-bond acceptors (Lipinski definition) is 4. The molecule has 0 fully saturated rings. The summed E-state index contributed by atoms with van der Waals surface area (Å²) in [7, 11) is 0. The molecule has 0 aliphatic heterocycles. The molecule has 1 aromatic heterocycles. The van der Waals surface area contributed by atoms with Crippen molar-refractivity contribution in [3.63, 3.8) is 0 Å². The zero-order valence-corrected chi connectivity index (χ0v) is 8.30. The number of aliphatic hydroxyl groups excluding tert-OH is 2. The van der Waals surface area contributed by atoms with E-state index in [1.807, 2.05) is 6.07 Å². The Kier molecular flexibility index (Phi) is 4.58. The summed E-state index contributed by atoms with van der Waals surface area (Å²) < 4.78 is 1.68. The van der Waals surface area contributed by atoms with Gasteiger partial charge in [0.2, 0.25) is 0 Å². The van der Waals surface area contributed by atoms with E-state index in [0.717, 1.165) is 0 Å². The Hall–Kier alpha value is -0.910. The van der Waals surface area contributed by atoms with Crippen molar-refractivity contribution in [1.29, 1.82) is 0 Å². The zero-order valence-electron chi connectivity index (χ0n) is 8.30. The number of hydrogen-bond donors (Lipinski definition) is 3. The van der Waals surface area contributed by atoms with Crippen LogP contribution in [0.2, 0.25) is 0 Å². The fraction of sp³-hybridized carbons (Fsp3) is 0.667. The van der Waals surface area contributed by atoms with Crippen LogP contribution in [0.3, 0.4) is 0 Å². The summed E-state index contributed by atoms with van der Waals surface area (Å²) >= 11 is 0. The van der Waals surface area contributed by atoms with E-state index in [1.165, 1.54) is 0 Å². The first kappa shape index (κ1) is 11.2. The third-order valence-electron chi connectivity index (χ3n) is 1.78. The molecule has 5 heteroatoms. The van der Waals surface area contributed by atoms with Gasteiger partial charge in [-0.15, -0.1) is 0 Å². The van der Waals surface area contributed by atoms with Gasteiger partial charge in [-0.25, -0.2) is 0 Å².